The van der Waals surface area contributed by atoms with Gasteiger partial charge in [0.25, 0.3) is 0 Å². The lowest BCUT2D eigenvalue weighted by Crippen LogP contribution is -1.97. The van der Waals surface area contributed by atoms with Crippen molar-refractivity contribution >= 4 is 22.8 Å². The van der Waals surface area contributed by atoms with Gasteiger partial charge in [-0.2, -0.15) is 0 Å². The van der Waals surface area contributed by atoms with E-state index in [1.165, 1.54) is 11.1 Å². The highest BCUT2D eigenvalue weighted by atomic mass is 35.5. The predicted octanol–water partition coefficient (Wildman–Crippen LogP) is 5.06. The number of nitrogens with zero attached hydrogens (tertiary/aromatic N) is 2. The van der Waals surface area contributed by atoms with Crippen LogP contribution in [0.2, 0.25) is 5.02 Å². The number of hydrogen-bond acceptors (Lipinski definition) is 1. The molecule has 0 aliphatic heterocycles. The first kappa shape index (κ1) is 13.9. The summed E-state index contributed by atoms with van der Waals surface area (Å²) in [6.45, 7) is 8.35. The molecule has 0 radical (unpaired) electrons. The van der Waals surface area contributed by atoms with Crippen molar-refractivity contribution in [2.75, 3.05) is 0 Å². The van der Waals surface area contributed by atoms with Gasteiger partial charge >= 0.3 is 0 Å². The number of imidazole rings is 1. The van der Waals surface area contributed by atoms with Gasteiger partial charge < -0.3 is 4.40 Å². The van der Waals surface area contributed by atoms with Gasteiger partial charge in [-0.3, -0.25) is 0 Å². The van der Waals surface area contributed by atoms with Gasteiger partial charge in [0.2, 0.25) is 0 Å². The molecule has 100 valence electrons. The van der Waals surface area contributed by atoms with Gasteiger partial charge in [0.1, 0.15) is 5.65 Å². The Morgan fingerprint density at radius 2 is 2.11 bits per heavy atom. The van der Waals surface area contributed by atoms with Gasteiger partial charge in [0.05, 0.1) is 5.02 Å². The van der Waals surface area contributed by atoms with Crippen LogP contribution in [0.4, 0.5) is 0 Å². The van der Waals surface area contributed by atoms with Crippen LogP contribution in [0, 0.1) is 6.92 Å². The summed E-state index contributed by atoms with van der Waals surface area (Å²) in [6.07, 6.45) is 8.97. The zero-order chi connectivity index (χ0) is 14.0. The molecule has 2 rings (SSSR count). The lowest BCUT2D eigenvalue weighted by Gasteiger charge is -2.11. The van der Waals surface area contributed by atoms with Crippen LogP contribution in [-0.4, -0.2) is 9.38 Å². The van der Waals surface area contributed by atoms with Crippen LogP contribution in [0.25, 0.3) is 11.2 Å². The summed E-state index contributed by atoms with van der Waals surface area (Å²) in [5, 5.41) is 0.770. The minimum atomic E-state index is 0.770. The minimum absolute atomic E-state index is 0.770. The summed E-state index contributed by atoms with van der Waals surface area (Å²) in [7, 11) is 0. The van der Waals surface area contributed by atoms with Crippen molar-refractivity contribution in [2.24, 2.45) is 0 Å². The van der Waals surface area contributed by atoms with Gasteiger partial charge in [-0.25, -0.2) is 4.98 Å². The molecule has 19 heavy (non-hydrogen) atoms. The highest BCUT2D eigenvalue weighted by Crippen LogP contribution is 2.31. The molecule has 0 fully saturated rings. The molecule has 0 saturated heterocycles. The quantitative estimate of drug-likeness (QED) is 0.716. The molecule has 0 aromatic carbocycles. The van der Waals surface area contributed by atoms with E-state index in [1.807, 2.05) is 25.4 Å². The lowest BCUT2D eigenvalue weighted by atomic mass is 10.0. The maximum Gasteiger partial charge on any atom is 0.145 e. The van der Waals surface area contributed by atoms with Crippen molar-refractivity contribution in [3.05, 3.63) is 52.5 Å². The fourth-order valence-electron chi connectivity index (χ4n) is 2.15. The monoisotopic (exact) mass is 274 g/mol. The fraction of sp³-hybridized carbons (Fsp3) is 0.312. The van der Waals surface area contributed by atoms with Crippen LogP contribution in [0.15, 0.2) is 36.2 Å². The van der Waals surface area contributed by atoms with Crippen LogP contribution in [0.3, 0.4) is 0 Å². The largest absolute Gasteiger partial charge is 0.304 e. The third-order valence-corrected chi connectivity index (χ3v) is 3.44. The Bertz CT molecular complexity index is 659. The van der Waals surface area contributed by atoms with Crippen molar-refractivity contribution in [1.82, 2.24) is 9.38 Å². The number of hydrogen-bond donors (Lipinski definition) is 0. The zero-order valence-corrected chi connectivity index (χ0v) is 12.6. The molecule has 2 aromatic rings. The summed E-state index contributed by atoms with van der Waals surface area (Å²) in [5.74, 6) is 0. The maximum atomic E-state index is 6.44. The van der Waals surface area contributed by atoms with Crippen molar-refractivity contribution in [2.45, 2.75) is 34.1 Å². The molecule has 3 heteroatoms. The molecule has 0 N–H and O–H groups in total. The molecule has 0 unspecified atom stereocenters. The molecule has 0 amide bonds. The van der Waals surface area contributed by atoms with Crippen LogP contribution in [0.1, 0.15) is 38.4 Å². The van der Waals surface area contributed by atoms with E-state index < -0.39 is 0 Å². The number of halogens is 1. The zero-order valence-electron chi connectivity index (χ0n) is 11.9. The Hall–Kier alpha value is -1.54. The summed E-state index contributed by atoms with van der Waals surface area (Å²) in [6, 6.07) is 2.00. The third kappa shape index (κ3) is 2.74. The Morgan fingerprint density at radius 1 is 1.37 bits per heavy atom. The van der Waals surface area contributed by atoms with E-state index in [4.69, 9.17) is 11.6 Å². The van der Waals surface area contributed by atoms with Gasteiger partial charge in [-0.1, -0.05) is 36.2 Å². The highest BCUT2D eigenvalue weighted by Gasteiger charge is 2.13. The molecule has 2 aromatic heterocycles. The molecule has 2 nitrogen and oxygen atoms in total. The number of aryl methyl sites for hydroxylation is 1. The molecule has 0 saturated carbocycles. The molecule has 0 spiro atoms. The van der Waals surface area contributed by atoms with E-state index in [2.05, 4.69) is 42.3 Å². The molecule has 2 heterocycles. The molecular weight excluding hydrogens is 256 g/mol. The normalized spacial score (nSPS) is 11.9. The molecule has 0 aliphatic carbocycles. The summed E-state index contributed by atoms with van der Waals surface area (Å²) < 4.78 is 2.08. The summed E-state index contributed by atoms with van der Waals surface area (Å²) >= 11 is 6.44. The average Bonchev–Trinajstić information content (AvgIpc) is 2.82. The van der Waals surface area contributed by atoms with E-state index in [-0.39, 0.29) is 0 Å². The van der Waals surface area contributed by atoms with E-state index >= 15 is 0 Å². The molecule has 0 atom stereocenters. The Labute approximate surface area is 119 Å². The Balaban J connectivity index is 2.70. The van der Waals surface area contributed by atoms with Crippen LogP contribution in [-0.2, 0) is 0 Å². The van der Waals surface area contributed by atoms with Gasteiger partial charge in [0, 0.05) is 23.7 Å². The van der Waals surface area contributed by atoms with Crippen LogP contribution < -0.4 is 0 Å². The fourth-order valence-corrected chi connectivity index (χ4v) is 2.51. The van der Waals surface area contributed by atoms with Crippen LogP contribution in [0.5, 0.6) is 0 Å². The molecular formula is C16H19ClN2. The maximum absolute atomic E-state index is 6.44. The SMILES string of the molecule is CC/C(=C\C=C(C)C)c1c(Cl)cc(C)n2ccnc12. The van der Waals surface area contributed by atoms with Crippen LogP contribution >= 0.6 is 11.6 Å². The number of aromatic nitrogens is 2. The highest BCUT2D eigenvalue weighted by molar-refractivity contribution is 6.33. The molecule has 0 bridgehead atoms. The Kier molecular flexibility index (Phi) is 4.11. The van der Waals surface area contributed by atoms with Gasteiger partial charge in [-0.15, -0.1) is 0 Å². The van der Waals surface area contributed by atoms with E-state index in [9.17, 15) is 0 Å². The van der Waals surface area contributed by atoms with Crippen molar-refractivity contribution in [3.8, 4) is 0 Å². The van der Waals surface area contributed by atoms with Crippen molar-refractivity contribution in [3.63, 3.8) is 0 Å². The van der Waals surface area contributed by atoms with Gasteiger partial charge in [-0.05, 0) is 38.8 Å². The standard InChI is InChI=1S/C16H19ClN2/c1-5-13(7-6-11(2)3)15-14(17)10-12(4)19-9-8-18-16(15)19/h6-10H,5H2,1-4H3/b13-7+. The van der Waals surface area contributed by atoms with Gasteiger partial charge in [0.15, 0.2) is 0 Å². The second-order valence-electron chi connectivity index (χ2n) is 4.92. The summed E-state index contributed by atoms with van der Waals surface area (Å²) in [4.78, 5) is 4.45. The van der Waals surface area contributed by atoms with Crippen molar-refractivity contribution in [1.29, 1.82) is 0 Å². The second kappa shape index (κ2) is 5.62. The van der Waals surface area contributed by atoms with E-state index in [1.54, 1.807) is 0 Å². The van der Waals surface area contributed by atoms with Crippen molar-refractivity contribution < 1.29 is 0 Å². The smallest absolute Gasteiger partial charge is 0.145 e. The number of rotatable bonds is 3. The average molecular weight is 275 g/mol. The number of fused-ring (bicyclic) bond motifs is 1. The second-order valence-corrected chi connectivity index (χ2v) is 5.33. The number of pyridine rings is 1. The third-order valence-electron chi connectivity index (χ3n) is 3.14. The number of allylic oxidation sites excluding steroid dienone is 4. The van der Waals surface area contributed by atoms with E-state index in [0.29, 0.717) is 0 Å². The van der Waals surface area contributed by atoms with E-state index in [0.717, 1.165) is 28.3 Å². The minimum Gasteiger partial charge on any atom is -0.304 e. The first-order chi connectivity index (χ1) is 9.04. The lowest BCUT2D eigenvalue weighted by molar-refractivity contribution is 1.08. The first-order valence-electron chi connectivity index (χ1n) is 6.51. The summed E-state index contributed by atoms with van der Waals surface area (Å²) in [5.41, 5.74) is 5.55. The topological polar surface area (TPSA) is 17.3 Å². The first-order valence-corrected chi connectivity index (χ1v) is 6.89. The molecule has 0 aliphatic rings. The predicted molar refractivity (Wildman–Crippen MR) is 82.6 cm³/mol. The Morgan fingerprint density at radius 3 is 2.74 bits per heavy atom.